The van der Waals surface area contributed by atoms with E-state index in [4.69, 9.17) is 5.73 Å². The second-order valence-corrected chi connectivity index (χ2v) is 4.33. The molecular formula is C15H19N. The Labute approximate surface area is 97.3 Å². The summed E-state index contributed by atoms with van der Waals surface area (Å²) in [4.78, 5) is 0. The van der Waals surface area contributed by atoms with Crippen LogP contribution in [0.2, 0.25) is 0 Å². The molecule has 2 rings (SSSR count). The fraction of sp³-hybridized carbons (Fsp3) is 0.333. The van der Waals surface area contributed by atoms with E-state index in [1.807, 2.05) is 0 Å². The predicted molar refractivity (Wildman–Crippen MR) is 70.7 cm³/mol. The van der Waals surface area contributed by atoms with Crippen molar-refractivity contribution in [2.24, 2.45) is 5.73 Å². The molecule has 0 aliphatic heterocycles. The molecule has 2 aromatic rings. The molecule has 16 heavy (non-hydrogen) atoms. The number of benzene rings is 2. The third-order valence-corrected chi connectivity index (χ3v) is 3.13. The van der Waals surface area contributed by atoms with Crippen molar-refractivity contribution in [2.45, 2.75) is 26.2 Å². The first-order chi connectivity index (χ1) is 7.83. The molecule has 0 aromatic heterocycles. The molecule has 0 amide bonds. The summed E-state index contributed by atoms with van der Waals surface area (Å²) in [6.07, 6.45) is 3.43. The van der Waals surface area contributed by atoms with E-state index in [1.54, 1.807) is 0 Å². The average Bonchev–Trinajstić information content (AvgIpc) is 2.33. The summed E-state index contributed by atoms with van der Waals surface area (Å²) in [5.41, 5.74) is 8.34. The van der Waals surface area contributed by atoms with Gasteiger partial charge in [-0.1, -0.05) is 36.4 Å². The summed E-state index contributed by atoms with van der Waals surface area (Å²) in [6, 6.07) is 13.1. The Balaban J connectivity index is 2.35. The maximum Gasteiger partial charge on any atom is -0.00772 e. The van der Waals surface area contributed by atoms with Gasteiger partial charge in [-0.05, 0) is 54.6 Å². The SMILES string of the molecule is Cc1ccc(CCCCN)c2ccccc12. The minimum absolute atomic E-state index is 0.795. The number of rotatable bonds is 4. The van der Waals surface area contributed by atoms with Crippen LogP contribution in [0.15, 0.2) is 36.4 Å². The first kappa shape index (κ1) is 11.2. The van der Waals surface area contributed by atoms with E-state index in [0.717, 1.165) is 19.4 Å². The van der Waals surface area contributed by atoms with Crippen LogP contribution in [0.4, 0.5) is 0 Å². The molecule has 0 unspecified atom stereocenters. The van der Waals surface area contributed by atoms with E-state index in [-0.39, 0.29) is 0 Å². The number of hydrogen-bond donors (Lipinski definition) is 1. The Kier molecular flexibility index (Phi) is 3.58. The van der Waals surface area contributed by atoms with E-state index in [1.165, 1.54) is 28.3 Å². The van der Waals surface area contributed by atoms with Crippen LogP contribution in [0.25, 0.3) is 10.8 Å². The lowest BCUT2D eigenvalue weighted by Gasteiger charge is -2.08. The molecule has 0 aliphatic rings. The Morgan fingerprint density at radius 1 is 0.938 bits per heavy atom. The number of aryl methyl sites for hydroxylation is 2. The minimum Gasteiger partial charge on any atom is -0.330 e. The number of unbranched alkanes of at least 4 members (excludes halogenated alkanes) is 1. The maximum absolute atomic E-state index is 5.53. The van der Waals surface area contributed by atoms with Crippen molar-refractivity contribution in [1.82, 2.24) is 0 Å². The number of fused-ring (bicyclic) bond motifs is 1. The van der Waals surface area contributed by atoms with Gasteiger partial charge in [-0.3, -0.25) is 0 Å². The first-order valence-electron chi connectivity index (χ1n) is 6.00. The normalized spacial score (nSPS) is 10.9. The van der Waals surface area contributed by atoms with Crippen molar-refractivity contribution in [3.8, 4) is 0 Å². The van der Waals surface area contributed by atoms with Gasteiger partial charge in [-0.25, -0.2) is 0 Å². The maximum atomic E-state index is 5.53. The molecule has 0 aliphatic carbocycles. The second kappa shape index (κ2) is 5.13. The van der Waals surface area contributed by atoms with Gasteiger partial charge < -0.3 is 5.73 Å². The zero-order chi connectivity index (χ0) is 11.4. The topological polar surface area (TPSA) is 26.0 Å². The Bertz CT molecular complexity index is 474. The van der Waals surface area contributed by atoms with Gasteiger partial charge in [0.1, 0.15) is 0 Å². The van der Waals surface area contributed by atoms with Crippen molar-refractivity contribution in [3.63, 3.8) is 0 Å². The zero-order valence-corrected chi connectivity index (χ0v) is 9.87. The smallest absolute Gasteiger partial charge is 0.00772 e. The van der Waals surface area contributed by atoms with E-state index in [0.29, 0.717) is 0 Å². The van der Waals surface area contributed by atoms with Crippen molar-refractivity contribution in [3.05, 3.63) is 47.5 Å². The van der Waals surface area contributed by atoms with Crippen LogP contribution >= 0.6 is 0 Å². The van der Waals surface area contributed by atoms with Gasteiger partial charge >= 0.3 is 0 Å². The summed E-state index contributed by atoms with van der Waals surface area (Å²) >= 11 is 0. The van der Waals surface area contributed by atoms with Crippen LogP contribution in [-0.4, -0.2) is 6.54 Å². The second-order valence-electron chi connectivity index (χ2n) is 4.33. The highest BCUT2D eigenvalue weighted by Crippen LogP contribution is 2.23. The van der Waals surface area contributed by atoms with Crippen LogP contribution in [0.5, 0.6) is 0 Å². The summed E-state index contributed by atoms with van der Waals surface area (Å²) in [7, 11) is 0. The summed E-state index contributed by atoms with van der Waals surface area (Å²) < 4.78 is 0. The van der Waals surface area contributed by atoms with Gasteiger partial charge in [-0.15, -0.1) is 0 Å². The van der Waals surface area contributed by atoms with Gasteiger partial charge in [0.05, 0.1) is 0 Å². The molecule has 0 fully saturated rings. The van der Waals surface area contributed by atoms with Crippen LogP contribution in [0.1, 0.15) is 24.0 Å². The number of hydrogen-bond acceptors (Lipinski definition) is 1. The molecule has 0 atom stereocenters. The zero-order valence-electron chi connectivity index (χ0n) is 9.87. The average molecular weight is 213 g/mol. The van der Waals surface area contributed by atoms with Crippen LogP contribution in [0.3, 0.4) is 0 Å². The van der Waals surface area contributed by atoms with Crippen LogP contribution in [-0.2, 0) is 6.42 Å². The molecule has 84 valence electrons. The largest absolute Gasteiger partial charge is 0.330 e. The molecule has 1 nitrogen and oxygen atoms in total. The van der Waals surface area contributed by atoms with E-state index in [2.05, 4.69) is 43.3 Å². The lowest BCUT2D eigenvalue weighted by molar-refractivity contribution is 0.747. The molecule has 0 heterocycles. The highest BCUT2D eigenvalue weighted by Gasteiger charge is 2.02. The van der Waals surface area contributed by atoms with Gasteiger partial charge in [-0.2, -0.15) is 0 Å². The third-order valence-electron chi connectivity index (χ3n) is 3.13. The third kappa shape index (κ3) is 2.25. The quantitative estimate of drug-likeness (QED) is 0.774. The lowest BCUT2D eigenvalue weighted by atomic mass is 9.97. The van der Waals surface area contributed by atoms with Crippen molar-refractivity contribution in [2.75, 3.05) is 6.54 Å². The fourth-order valence-electron chi connectivity index (χ4n) is 2.19. The highest BCUT2D eigenvalue weighted by atomic mass is 14.5. The lowest BCUT2D eigenvalue weighted by Crippen LogP contribution is -1.99. The summed E-state index contributed by atoms with van der Waals surface area (Å²) in [6.45, 7) is 2.97. The van der Waals surface area contributed by atoms with Gasteiger partial charge in [0.25, 0.3) is 0 Å². The number of nitrogens with two attached hydrogens (primary N) is 1. The Hall–Kier alpha value is -1.34. The first-order valence-corrected chi connectivity index (χ1v) is 6.00. The van der Waals surface area contributed by atoms with Crippen LogP contribution in [0, 0.1) is 6.92 Å². The van der Waals surface area contributed by atoms with E-state index < -0.39 is 0 Å². The monoisotopic (exact) mass is 213 g/mol. The minimum atomic E-state index is 0.795. The Morgan fingerprint density at radius 2 is 1.69 bits per heavy atom. The van der Waals surface area contributed by atoms with Crippen LogP contribution < -0.4 is 5.73 Å². The molecule has 0 radical (unpaired) electrons. The Morgan fingerprint density at radius 3 is 2.44 bits per heavy atom. The van der Waals surface area contributed by atoms with Gasteiger partial charge in [0.2, 0.25) is 0 Å². The molecule has 0 spiro atoms. The van der Waals surface area contributed by atoms with Crippen molar-refractivity contribution in [1.29, 1.82) is 0 Å². The van der Waals surface area contributed by atoms with Crippen molar-refractivity contribution < 1.29 is 0 Å². The molecule has 2 N–H and O–H groups in total. The molecule has 0 bridgehead atoms. The summed E-state index contributed by atoms with van der Waals surface area (Å²) in [5, 5.41) is 2.78. The van der Waals surface area contributed by atoms with E-state index >= 15 is 0 Å². The van der Waals surface area contributed by atoms with Crippen molar-refractivity contribution >= 4 is 10.8 Å². The summed E-state index contributed by atoms with van der Waals surface area (Å²) in [5.74, 6) is 0. The molecular weight excluding hydrogens is 194 g/mol. The van der Waals surface area contributed by atoms with Gasteiger partial charge in [0, 0.05) is 0 Å². The molecule has 0 saturated heterocycles. The molecule has 2 aromatic carbocycles. The fourth-order valence-corrected chi connectivity index (χ4v) is 2.19. The van der Waals surface area contributed by atoms with Gasteiger partial charge in [0.15, 0.2) is 0 Å². The standard InChI is InChI=1S/C15H19N/c1-12-9-10-13(6-4-5-11-16)15-8-3-2-7-14(12)15/h2-3,7-10H,4-6,11,16H2,1H3. The highest BCUT2D eigenvalue weighted by molar-refractivity contribution is 5.88. The van der Waals surface area contributed by atoms with E-state index in [9.17, 15) is 0 Å². The molecule has 1 heteroatoms. The molecule has 0 saturated carbocycles. The predicted octanol–water partition coefficient (Wildman–Crippen LogP) is 3.43.